The highest BCUT2D eigenvalue weighted by Crippen LogP contribution is 2.31. The van der Waals surface area contributed by atoms with E-state index in [0.717, 1.165) is 12.8 Å². The molecule has 2 rings (SSSR count). The summed E-state index contributed by atoms with van der Waals surface area (Å²) in [6, 6.07) is 2.67. The van der Waals surface area contributed by atoms with Crippen LogP contribution in [-0.2, 0) is 6.05 Å². The third-order valence-electron chi connectivity index (χ3n) is 2.17. The van der Waals surface area contributed by atoms with E-state index >= 15 is 0 Å². The average Bonchev–Trinajstić information content (AvgIpc) is 2.88. The van der Waals surface area contributed by atoms with Crippen LogP contribution in [0.3, 0.4) is 0 Å². The molecule has 0 aliphatic heterocycles. The molecular weight excluding hydrogens is 208 g/mol. The van der Waals surface area contributed by atoms with Crippen LogP contribution in [0.25, 0.3) is 0 Å². The van der Waals surface area contributed by atoms with Crippen LogP contribution in [0.4, 0.5) is 8.78 Å². The number of halogens is 3. The maximum Gasteiger partial charge on any atom is 0.329 e. The Morgan fingerprint density at radius 3 is 2.29 bits per heavy atom. The molecule has 1 nitrogen and oxygen atoms in total. The van der Waals surface area contributed by atoms with Crippen molar-refractivity contribution < 1.29 is 8.78 Å². The number of hydrogen-bond donors (Lipinski definition) is 1. The lowest BCUT2D eigenvalue weighted by atomic mass is 10.2. The van der Waals surface area contributed by atoms with E-state index in [1.54, 1.807) is 0 Å². The molecule has 1 N–H and O–H groups in total. The van der Waals surface area contributed by atoms with Gasteiger partial charge in [0.05, 0.1) is 0 Å². The molecule has 76 valence electrons. The zero-order chi connectivity index (χ0) is 10.2. The lowest BCUT2D eigenvalue weighted by Gasteiger charge is -2.17. The molecule has 1 saturated carbocycles. The summed E-state index contributed by atoms with van der Waals surface area (Å²) in [5.74, 6) is 0. The lowest BCUT2D eigenvalue weighted by Crippen LogP contribution is -2.35. The molecule has 0 amide bonds. The van der Waals surface area contributed by atoms with Crippen LogP contribution in [0.5, 0.6) is 0 Å². The summed E-state index contributed by atoms with van der Waals surface area (Å²) < 4.78 is 26.8. The predicted molar refractivity (Wildman–Crippen MR) is 51.5 cm³/mol. The minimum absolute atomic E-state index is 0.0271. The van der Waals surface area contributed by atoms with Crippen molar-refractivity contribution in [1.29, 1.82) is 0 Å². The van der Waals surface area contributed by atoms with E-state index in [4.69, 9.17) is 11.6 Å². The van der Waals surface area contributed by atoms with Crippen LogP contribution < -0.4 is 5.32 Å². The first-order valence-electron chi connectivity index (χ1n) is 4.49. The van der Waals surface area contributed by atoms with Crippen molar-refractivity contribution in [3.8, 4) is 0 Å². The van der Waals surface area contributed by atoms with Crippen LogP contribution in [0.2, 0.25) is 5.02 Å². The summed E-state index contributed by atoms with van der Waals surface area (Å²) in [5, 5.41) is 2.76. The van der Waals surface area contributed by atoms with E-state index in [-0.39, 0.29) is 11.6 Å². The number of benzene rings is 1. The maximum atomic E-state index is 13.4. The van der Waals surface area contributed by atoms with Gasteiger partial charge < -0.3 is 0 Å². The van der Waals surface area contributed by atoms with Gasteiger partial charge in [-0.25, -0.2) is 0 Å². The molecule has 0 unspecified atom stereocenters. The van der Waals surface area contributed by atoms with Crippen molar-refractivity contribution in [2.45, 2.75) is 24.9 Å². The Hall–Kier alpha value is -0.670. The van der Waals surface area contributed by atoms with Crippen molar-refractivity contribution >= 4 is 11.6 Å². The Morgan fingerprint density at radius 1 is 1.21 bits per heavy atom. The summed E-state index contributed by atoms with van der Waals surface area (Å²) in [6.07, 6.45) is 1.67. The second kappa shape index (κ2) is 3.48. The minimum atomic E-state index is -2.94. The van der Waals surface area contributed by atoms with Gasteiger partial charge in [0, 0.05) is 16.6 Å². The minimum Gasteiger partial charge on any atom is -0.251 e. The van der Waals surface area contributed by atoms with Gasteiger partial charge in [-0.3, -0.25) is 5.32 Å². The van der Waals surface area contributed by atoms with E-state index in [1.807, 2.05) is 0 Å². The monoisotopic (exact) mass is 217 g/mol. The highest BCUT2D eigenvalue weighted by atomic mass is 35.5. The standard InChI is InChI=1S/C10H10ClF2N/c11-8-3-1-7(2-4-8)10(12,13)14-9-5-6-9/h1-4,9,14H,5-6H2. The largest absolute Gasteiger partial charge is 0.329 e. The molecule has 0 aromatic heterocycles. The van der Waals surface area contributed by atoms with E-state index in [1.165, 1.54) is 24.3 Å². The molecule has 0 spiro atoms. The van der Waals surface area contributed by atoms with Crippen LogP contribution >= 0.6 is 11.6 Å². The summed E-state index contributed by atoms with van der Waals surface area (Å²) in [4.78, 5) is 0. The van der Waals surface area contributed by atoms with Crippen molar-refractivity contribution in [3.63, 3.8) is 0 Å². The smallest absolute Gasteiger partial charge is 0.251 e. The molecule has 4 heteroatoms. The van der Waals surface area contributed by atoms with E-state index in [0.29, 0.717) is 5.02 Å². The van der Waals surface area contributed by atoms with Crippen molar-refractivity contribution in [3.05, 3.63) is 34.9 Å². The summed E-state index contributed by atoms with van der Waals surface area (Å²) >= 11 is 5.61. The van der Waals surface area contributed by atoms with Crippen LogP contribution in [0.1, 0.15) is 18.4 Å². The maximum absolute atomic E-state index is 13.4. The van der Waals surface area contributed by atoms with Gasteiger partial charge in [-0.1, -0.05) is 23.7 Å². The molecule has 1 aliphatic rings. The van der Waals surface area contributed by atoms with Gasteiger partial charge >= 0.3 is 6.05 Å². The highest BCUT2D eigenvalue weighted by Gasteiger charge is 2.37. The van der Waals surface area contributed by atoms with Gasteiger partial charge in [0.2, 0.25) is 0 Å². The Balaban J connectivity index is 2.14. The van der Waals surface area contributed by atoms with Crippen molar-refractivity contribution in [1.82, 2.24) is 5.32 Å². The topological polar surface area (TPSA) is 12.0 Å². The summed E-state index contributed by atoms with van der Waals surface area (Å²) in [7, 11) is 0. The van der Waals surface area contributed by atoms with Gasteiger partial charge in [-0.2, -0.15) is 8.78 Å². The number of alkyl halides is 2. The molecule has 1 aromatic carbocycles. The highest BCUT2D eigenvalue weighted by molar-refractivity contribution is 6.30. The summed E-state index contributed by atoms with van der Waals surface area (Å²) in [6.45, 7) is 0. The predicted octanol–water partition coefficient (Wildman–Crippen LogP) is 3.14. The second-order valence-electron chi connectivity index (χ2n) is 3.50. The SMILES string of the molecule is FC(F)(NC1CC1)c1ccc(Cl)cc1. The zero-order valence-corrected chi connectivity index (χ0v) is 8.19. The van der Waals surface area contributed by atoms with E-state index in [9.17, 15) is 8.78 Å². The average molecular weight is 218 g/mol. The Kier molecular flexibility index (Phi) is 2.45. The molecular formula is C10H10ClF2N. The number of rotatable bonds is 3. The lowest BCUT2D eigenvalue weighted by molar-refractivity contribution is -0.0431. The molecule has 0 saturated heterocycles. The van der Waals surface area contributed by atoms with Gasteiger partial charge in [-0.05, 0) is 25.0 Å². The molecule has 0 heterocycles. The van der Waals surface area contributed by atoms with Crippen LogP contribution in [0, 0.1) is 0 Å². The first kappa shape index (κ1) is 9.87. The summed E-state index contributed by atoms with van der Waals surface area (Å²) in [5.41, 5.74) is -0.0335. The van der Waals surface area contributed by atoms with Gasteiger partial charge in [0.1, 0.15) is 0 Å². The quantitative estimate of drug-likeness (QED) is 0.767. The number of hydrogen-bond acceptors (Lipinski definition) is 1. The van der Waals surface area contributed by atoms with Gasteiger partial charge in [-0.15, -0.1) is 0 Å². The molecule has 0 radical (unpaired) electrons. The van der Waals surface area contributed by atoms with Crippen LogP contribution in [-0.4, -0.2) is 6.04 Å². The Bertz CT molecular complexity index is 319. The van der Waals surface area contributed by atoms with Crippen LogP contribution in [0.15, 0.2) is 24.3 Å². The van der Waals surface area contributed by atoms with Crippen molar-refractivity contribution in [2.75, 3.05) is 0 Å². The fourth-order valence-electron chi connectivity index (χ4n) is 1.23. The molecule has 1 fully saturated rings. The molecule has 0 atom stereocenters. The molecule has 1 aromatic rings. The fraction of sp³-hybridized carbons (Fsp3) is 0.400. The Labute approximate surface area is 86.1 Å². The molecule has 1 aliphatic carbocycles. The third kappa shape index (κ3) is 2.22. The zero-order valence-electron chi connectivity index (χ0n) is 7.43. The normalized spacial score (nSPS) is 17.1. The van der Waals surface area contributed by atoms with Crippen molar-refractivity contribution in [2.24, 2.45) is 0 Å². The second-order valence-corrected chi connectivity index (χ2v) is 3.94. The van der Waals surface area contributed by atoms with E-state index < -0.39 is 6.05 Å². The first-order chi connectivity index (χ1) is 6.58. The van der Waals surface area contributed by atoms with Gasteiger partial charge in [0.25, 0.3) is 0 Å². The molecule has 0 bridgehead atoms. The molecule has 14 heavy (non-hydrogen) atoms. The van der Waals surface area contributed by atoms with Gasteiger partial charge in [0.15, 0.2) is 0 Å². The fourth-order valence-corrected chi connectivity index (χ4v) is 1.35. The Morgan fingerprint density at radius 2 is 1.79 bits per heavy atom. The van der Waals surface area contributed by atoms with E-state index in [2.05, 4.69) is 5.32 Å². The number of nitrogens with one attached hydrogen (secondary N) is 1. The third-order valence-corrected chi connectivity index (χ3v) is 2.42. The first-order valence-corrected chi connectivity index (χ1v) is 4.87.